The van der Waals surface area contributed by atoms with Crippen LogP contribution in [0.25, 0.3) is 6.08 Å². The number of ether oxygens (including phenoxy) is 1. The SMILES string of the molecule is Cc1ccc(C)c(NC(=O)COC(=O)C=Cc2ccc(C(C)C)cc2)c1. The van der Waals surface area contributed by atoms with E-state index in [1.165, 1.54) is 11.6 Å². The lowest BCUT2D eigenvalue weighted by Crippen LogP contribution is -2.20. The number of aryl methyl sites for hydroxylation is 2. The number of anilines is 1. The molecule has 0 aliphatic carbocycles. The molecule has 0 saturated heterocycles. The van der Waals surface area contributed by atoms with Gasteiger partial charge in [0.15, 0.2) is 6.61 Å². The quantitative estimate of drug-likeness (QED) is 0.610. The fourth-order valence-electron chi connectivity index (χ4n) is 2.40. The molecule has 0 spiro atoms. The predicted octanol–water partition coefficient (Wildman–Crippen LogP) is 4.62. The minimum atomic E-state index is -0.547. The molecular formula is C22H25NO3. The monoisotopic (exact) mass is 351 g/mol. The van der Waals surface area contributed by atoms with E-state index in [-0.39, 0.29) is 12.5 Å². The van der Waals surface area contributed by atoms with Crippen molar-refractivity contribution in [3.05, 3.63) is 70.8 Å². The Hall–Kier alpha value is -2.88. The molecule has 2 rings (SSSR count). The van der Waals surface area contributed by atoms with Gasteiger partial charge in [-0.2, -0.15) is 0 Å². The van der Waals surface area contributed by atoms with Crippen molar-refractivity contribution in [1.82, 2.24) is 0 Å². The van der Waals surface area contributed by atoms with E-state index in [2.05, 4.69) is 19.2 Å². The van der Waals surface area contributed by atoms with Crippen LogP contribution < -0.4 is 5.32 Å². The van der Waals surface area contributed by atoms with Crippen LogP contribution in [-0.2, 0) is 14.3 Å². The van der Waals surface area contributed by atoms with Gasteiger partial charge in [0, 0.05) is 11.8 Å². The highest BCUT2D eigenvalue weighted by atomic mass is 16.5. The summed E-state index contributed by atoms with van der Waals surface area (Å²) in [4.78, 5) is 23.7. The van der Waals surface area contributed by atoms with Crippen LogP contribution in [0, 0.1) is 13.8 Å². The Balaban J connectivity index is 1.84. The van der Waals surface area contributed by atoms with E-state index >= 15 is 0 Å². The third-order valence-corrected chi connectivity index (χ3v) is 4.03. The second-order valence-corrected chi connectivity index (χ2v) is 6.63. The number of hydrogen-bond acceptors (Lipinski definition) is 3. The van der Waals surface area contributed by atoms with Crippen molar-refractivity contribution in [3.63, 3.8) is 0 Å². The molecule has 2 aromatic carbocycles. The maximum atomic E-state index is 11.9. The summed E-state index contributed by atoms with van der Waals surface area (Å²) in [5.41, 5.74) is 4.89. The summed E-state index contributed by atoms with van der Waals surface area (Å²) in [7, 11) is 0. The van der Waals surface area contributed by atoms with Gasteiger partial charge in [-0.1, -0.05) is 50.2 Å². The van der Waals surface area contributed by atoms with Gasteiger partial charge in [0.2, 0.25) is 0 Å². The van der Waals surface area contributed by atoms with Gasteiger partial charge in [-0.3, -0.25) is 4.79 Å². The number of carbonyl (C=O) groups excluding carboxylic acids is 2. The first-order chi connectivity index (χ1) is 12.3. The number of nitrogens with one attached hydrogen (secondary N) is 1. The lowest BCUT2D eigenvalue weighted by atomic mass is 10.0. The largest absolute Gasteiger partial charge is 0.452 e. The van der Waals surface area contributed by atoms with Gasteiger partial charge < -0.3 is 10.1 Å². The Morgan fingerprint density at radius 1 is 1.08 bits per heavy atom. The zero-order chi connectivity index (χ0) is 19.1. The average molecular weight is 351 g/mol. The highest BCUT2D eigenvalue weighted by Gasteiger charge is 2.07. The van der Waals surface area contributed by atoms with Crippen LogP contribution in [0.15, 0.2) is 48.5 Å². The van der Waals surface area contributed by atoms with Gasteiger partial charge >= 0.3 is 5.97 Å². The molecule has 0 bridgehead atoms. The third kappa shape index (κ3) is 5.88. The van der Waals surface area contributed by atoms with Gasteiger partial charge in [-0.15, -0.1) is 0 Å². The smallest absolute Gasteiger partial charge is 0.331 e. The van der Waals surface area contributed by atoms with Crippen molar-refractivity contribution in [1.29, 1.82) is 0 Å². The Morgan fingerprint density at radius 2 is 1.77 bits per heavy atom. The first-order valence-electron chi connectivity index (χ1n) is 8.67. The number of rotatable bonds is 6. The summed E-state index contributed by atoms with van der Waals surface area (Å²) in [6.07, 6.45) is 3.00. The number of amides is 1. The first-order valence-corrected chi connectivity index (χ1v) is 8.67. The molecule has 0 aliphatic rings. The summed E-state index contributed by atoms with van der Waals surface area (Å²) in [5.74, 6) is -0.440. The molecule has 0 aromatic heterocycles. The average Bonchev–Trinajstić information content (AvgIpc) is 2.61. The highest BCUT2D eigenvalue weighted by molar-refractivity contribution is 5.95. The van der Waals surface area contributed by atoms with Crippen LogP contribution >= 0.6 is 0 Å². The third-order valence-electron chi connectivity index (χ3n) is 4.03. The molecule has 0 heterocycles. The molecule has 2 aromatic rings. The lowest BCUT2D eigenvalue weighted by Gasteiger charge is -2.09. The first kappa shape index (κ1) is 19.4. The molecule has 0 unspecified atom stereocenters. The van der Waals surface area contributed by atoms with Gasteiger partial charge in [0.25, 0.3) is 5.91 Å². The van der Waals surface area contributed by atoms with Crippen LogP contribution in [0.2, 0.25) is 0 Å². The van der Waals surface area contributed by atoms with Gasteiger partial charge in [0.05, 0.1) is 0 Å². The van der Waals surface area contributed by atoms with E-state index in [0.717, 1.165) is 22.4 Å². The molecule has 136 valence electrons. The number of hydrogen-bond donors (Lipinski definition) is 1. The molecule has 0 saturated carbocycles. The predicted molar refractivity (Wildman–Crippen MR) is 105 cm³/mol. The van der Waals surface area contributed by atoms with E-state index in [0.29, 0.717) is 5.92 Å². The normalized spacial score (nSPS) is 11.0. The zero-order valence-electron chi connectivity index (χ0n) is 15.7. The number of carbonyl (C=O) groups is 2. The van der Waals surface area contributed by atoms with E-state index in [1.54, 1.807) is 6.08 Å². The van der Waals surface area contributed by atoms with Crippen molar-refractivity contribution in [2.45, 2.75) is 33.6 Å². The van der Waals surface area contributed by atoms with E-state index in [4.69, 9.17) is 4.74 Å². The maximum Gasteiger partial charge on any atom is 0.331 e. The summed E-state index contributed by atoms with van der Waals surface area (Å²) in [6.45, 7) is 7.81. The van der Waals surface area contributed by atoms with Crippen LogP contribution in [0.5, 0.6) is 0 Å². The van der Waals surface area contributed by atoms with E-state index in [9.17, 15) is 9.59 Å². The number of esters is 1. The van der Waals surface area contributed by atoms with Crippen molar-refractivity contribution in [2.75, 3.05) is 11.9 Å². The molecule has 0 fully saturated rings. The molecule has 4 nitrogen and oxygen atoms in total. The molecule has 1 N–H and O–H groups in total. The Kier molecular flexibility index (Phi) is 6.73. The van der Waals surface area contributed by atoms with Gasteiger partial charge in [0.1, 0.15) is 0 Å². The lowest BCUT2D eigenvalue weighted by molar-refractivity contribution is -0.142. The molecule has 0 radical (unpaired) electrons. The van der Waals surface area contributed by atoms with Crippen LogP contribution in [0.1, 0.15) is 42.0 Å². The summed E-state index contributed by atoms with van der Waals surface area (Å²) >= 11 is 0. The second-order valence-electron chi connectivity index (χ2n) is 6.63. The minimum absolute atomic E-state index is 0.317. The molecule has 0 atom stereocenters. The fourth-order valence-corrected chi connectivity index (χ4v) is 2.40. The highest BCUT2D eigenvalue weighted by Crippen LogP contribution is 2.16. The fraction of sp³-hybridized carbons (Fsp3) is 0.273. The van der Waals surface area contributed by atoms with Crippen LogP contribution in [0.4, 0.5) is 5.69 Å². The molecule has 0 aliphatic heterocycles. The Labute approximate surface area is 154 Å². The minimum Gasteiger partial charge on any atom is -0.452 e. The Morgan fingerprint density at radius 3 is 2.42 bits per heavy atom. The summed E-state index contributed by atoms with van der Waals surface area (Å²) < 4.78 is 4.99. The molecule has 1 amide bonds. The molecular weight excluding hydrogens is 326 g/mol. The zero-order valence-corrected chi connectivity index (χ0v) is 15.7. The second kappa shape index (κ2) is 8.99. The van der Waals surface area contributed by atoms with Crippen molar-refractivity contribution in [3.8, 4) is 0 Å². The Bertz CT molecular complexity index is 805. The number of benzene rings is 2. The topological polar surface area (TPSA) is 55.4 Å². The van der Waals surface area contributed by atoms with Crippen LogP contribution in [0.3, 0.4) is 0 Å². The van der Waals surface area contributed by atoms with Crippen molar-refractivity contribution < 1.29 is 14.3 Å². The van der Waals surface area contributed by atoms with Gasteiger partial charge in [-0.25, -0.2) is 4.79 Å². The van der Waals surface area contributed by atoms with E-state index < -0.39 is 5.97 Å². The maximum absolute atomic E-state index is 11.9. The summed E-state index contributed by atoms with van der Waals surface area (Å²) in [6, 6.07) is 13.8. The van der Waals surface area contributed by atoms with Crippen LogP contribution in [-0.4, -0.2) is 18.5 Å². The van der Waals surface area contributed by atoms with Gasteiger partial charge in [-0.05, 0) is 54.2 Å². The molecule has 26 heavy (non-hydrogen) atoms. The van der Waals surface area contributed by atoms with Crippen molar-refractivity contribution in [2.24, 2.45) is 0 Å². The summed E-state index contributed by atoms with van der Waals surface area (Å²) in [5, 5.41) is 2.76. The van der Waals surface area contributed by atoms with Crippen molar-refractivity contribution >= 4 is 23.6 Å². The van der Waals surface area contributed by atoms with E-state index in [1.807, 2.05) is 56.3 Å². The standard InChI is InChI=1S/C22H25NO3/c1-15(2)19-10-7-18(8-11-19)9-12-22(25)26-14-21(24)23-20-13-16(3)5-6-17(20)4/h5-13,15H,14H2,1-4H3,(H,23,24). The molecule has 4 heteroatoms.